The van der Waals surface area contributed by atoms with Gasteiger partial charge in [-0.25, -0.2) is 10.5 Å². The third-order valence-electron chi connectivity index (χ3n) is 5.04. The second-order valence-electron chi connectivity index (χ2n) is 7.01. The first-order chi connectivity index (χ1) is 13.3. The summed E-state index contributed by atoms with van der Waals surface area (Å²) < 4.78 is 0. The van der Waals surface area contributed by atoms with Gasteiger partial charge < -0.3 is 15.3 Å². The van der Waals surface area contributed by atoms with E-state index in [2.05, 4.69) is 10.3 Å². The first-order valence-corrected chi connectivity index (χ1v) is 10.3. The Labute approximate surface area is 168 Å². The highest BCUT2D eigenvalue weighted by atomic mass is 32.1. The molecule has 0 saturated carbocycles. The average molecular weight is 413 g/mol. The quantitative estimate of drug-likeness (QED) is 0.377. The van der Waals surface area contributed by atoms with Gasteiger partial charge in [-0.3, -0.25) is 19.6 Å². The Hall–Kier alpha value is -2.04. The van der Waals surface area contributed by atoms with Crippen molar-refractivity contribution in [2.75, 3.05) is 11.9 Å². The number of rotatable bonds is 8. The van der Waals surface area contributed by atoms with Gasteiger partial charge in [-0.2, -0.15) is 0 Å². The number of amides is 3. The van der Waals surface area contributed by atoms with E-state index in [-0.39, 0.29) is 5.91 Å². The number of likely N-dealkylation sites (tertiary alicyclic amines) is 1. The monoisotopic (exact) mass is 412 g/mol. The second-order valence-corrected chi connectivity index (χ2v) is 8.21. The summed E-state index contributed by atoms with van der Waals surface area (Å²) in [6.07, 6.45) is 1.20. The van der Waals surface area contributed by atoms with E-state index < -0.39 is 29.9 Å². The summed E-state index contributed by atoms with van der Waals surface area (Å²) >= 11 is 1.37. The molecule has 3 unspecified atom stereocenters. The molecule has 0 aromatic carbocycles. The van der Waals surface area contributed by atoms with Gasteiger partial charge in [-0.15, -0.1) is 11.3 Å². The lowest BCUT2D eigenvalue weighted by Crippen LogP contribution is -2.50. The number of aryl methyl sites for hydroxylation is 2. The second kappa shape index (κ2) is 9.94. The predicted octanol–water partition coefficient (Wildman–Crippen LogP) is 1.36. The van der Waals surface area contributed by atoms with Crippen molar-refractivity contribution in [3.63, 3.8) is 0 Å². The van der Waals surface area contributed by atoms with Gasteiger partial charge in [0.05, 0.1) is 11.6 Å². The Bertz CT molecular complexity index is 703. The molecule has 156 valence electrons. The number of anilines is 1. The Morgan fingerprint density at radius 2 is 2.07 bits per heavy atom. The minimum absolute atomic E-state index is 0.291. The summed E-state index contributed by atoms with van der Waals surface area (Å²) in [6, 6.07) is -0.675. The SMILES string of the molecule is CCCCC(C(=O)N1CCCC1C(=O)Nc1nc(C)c(C)s1)C(O)C(=O)NO. The van der Waals surface area contributed by atoms with Crippen LogP contribution >= 0.6 is 11.3 Å². The van der Waals surface area contributed by atoms with Crippen LogP contribution in [0, 0.1) is 19.8 Å². The lowest BCUT2D eigenvalue weighted by atomic mass is 9.93. The van der Waals surface area contributed by atoms with Gasteiger partial charge in [0.15, 0.2) is 5.13 Å². The fourth-order valence-corrected chi connectivity index (χ4v) is 4.14. The highest BCUT2D eigenvalue weighted by Crippen LogP contribution is 2.27. The highest BCUT2D eigenvalue weighted by Gasteiger charge is 2.41. The number of nitrogens with zero attached hydrogens (tertiary/aromatic N) is 2. The molecular weight excluding hydrogens is 384 g/mol. The molecule has 2 rings (SSSR count). The third-order valence-corrected chi connectivity index (χ3v) is 6.03. The molecule has 9 nitrogen and oxygen atoms in total. The molecule has 0 bridgehead atoms. The Morgan fingerprint density at radius 3 is 2.64 bits per heavy atom. The van der Waals surface area contributed by atoms with E-state index in [0.29, 0.717) is 37.4 Å². The van der Waals surface area contributed by atoms with Gasteiger partial charge in [0.25, 0.3) is 5.91 Å². The molecule has 0 radical (unpaired) electrons. The minimum atomic E-state index is -1.67. The van der Waals surface area contributed by atoms with Crippen LogP contribution in [0.15, 0.2) is 0 Å². The molecule has 3 amide bonds. The van der Waals surface area contributed by atoms with Crippen LogP contribution in [0.2, 0.25) is 0 Å². The van der Waals surface area contributed by atoms with E-state index >= 15 is 0 Å². The Morgan fingerprint density at radius 1 is 1.36 bits per heavy atom. The molecule has 1 saturated heterocycles. The van der Waals surface area contributed by atoms with E-state index in [1.165, 1.54) is 21.7 Å². The standard InChI is InChI=1S/C18H28N4O5S/c1-4-5-7-12(14(23)16(25)21-27)17(26)22-9-6-8-13(22)15(24)20-18-19-10(2)11(3)28-18/h12-14,23,27H,4-9H2,1-3H3,(H,21,25)(H,19,20,24). The van der Waals surface area contributed by atoms with Gasteiger partial charge in [-0.05, 0) is 33.1 Å². The first-order valence-electron chi connectivity index (χ1n) is 9.47. The zero-order valence-electron chi connectivity index (χ0n) is 16.4. The minimum Gasteiger partial charge on any atom is -0.382 e. The van der Waals surface area contributed by atoms with Crippen LogP contribution in [0.5, 0.6) is 0 Å². The summed E-state index contributed by atoms with van der Waals surface area (Å²) in [6.45, 7) is 6.09. The van der Waals surface area contributed by atoms with Crippen molar-refractivity contribution < 1.29 is 24.7 Å². The Kier molecular flexibility index (Phi) is 7.90. The molecule has 1 aliphatic heterocycles. The van der Waals surface area contributed by atoms with Crippen molar-refractivity contribution >= 4 is 34.2 Å². The zero-order valence-corrected chi connectivity index (χ0v) is 17.2. The first kappa shape index (κ1) is 22.3. The number of aliphatic hydroxyl groups is 1. The number of unbranched alkanes of at least 4 members (excludes halogenated alkanes) is 1. The fourth-order valence-electron chi connectivity index (χ4n) is 3.32. The lowest BCUT2D eigenvalue weighted by Gasteiger charge is -2.29. The predicted molar refractivity (Wildman–Crippen MR) is 104 cm³/mol. The Balaban J connectivity index is 2.13. The summed E-state index contributed by atoms with van der Waals surface area (Å²) in [5.74, 6) is -2.81. The van der Waals surface area contributed by atoms with Crippen molar-refractivity contribution in [3.8, 4) is 0 Å². The zero-order chi connectivity index (χ0) is 20.8. The van der Waals surface area contributed by atoms with Crippen LogP contribution in [0.4, 0.5) is 5.13 Å². The molecule has 4 N–H and O–H groups in total. The van der Waals surface area contributed by atoms with E-state index in [1.807, 2.05) is 20.8 Å². The van der Waals surface area contributed by atoms with Gasteiger partial charge in [0, 0.05) is 11.4 Å². The van der Waals surface area contributed by atoms with Gasteiger partial charge in [0.1, 0.15) is 12.1 Å². The number of aromatic nitrogens is 1. The molecule has 28 heavy (non-hydrogen) atoms. The van der Waals surface area contributed by atoms with Gasteiger partial charge >= 0.3 is 0 Å². The normalized spacial score (nSPS) is 18.6. The summed E-state index contributed by atoms with van der Waals surface area (Å²) in [5, 5.41) is 22.3. The lowest BCUT2D eigenvalue weighted by molar-refractivity contribution is -0.152. The van der Waals surface area contributed by atoms with Crippen LogP contribution in [0.1, 0.15) is 49.6 Å². The summed E-state index contributed by atoms with van der Waals surface area (Å²) in [7, 11) is 0. The molecule has 1 aliphatic rings. The molecule has 1 aromatic rings. The number of aliphatic hydroxyl groups excluding tert-OH is 1. The van der Waals surface area contributed by atoms with Crippen molar-refractivity contribution in [3.05, 3.63) is 10.6 Å². The number of carbonyl (C=O) groups is 3. The number of hydrogen-bond acceptors (Lipinski definition) is 7. The molecule has 0 aliphatic carbocycles. The van der Waals surface area contributed by atoms with Crippen molar-refractivity contribution in [2.24, 2.45) is 5.92 Å². The van der Waals surface area contributed by atoms with Crippen molar-refractivity contribution in [2.45, 2.75) is 65.0 Å². The average Bonchev–Trinajstić information content (AvgIpc) is 3.27. The van der Waals surface area contributed by atoms with Gasteiger partial charge in [0.2, 0.25) is 11.8 Å². The fraction of sp³-hybridized carbons (Fsp3) is 0.667. The molecular formula is C18H28N4O5S. The molecule has 1 fully saturated rings. The number of nitrogens with one attached hydrogen (secondary N) is 2. The largest absolute Gasteiger partial charge is 0.382 e. The van der Waals surface area contributed by atoms with Crippen molar-refractivity contribution in [1.29, 1.82) is 0 Å². The third kappa shape index (κ3) is 5.06. The summed E-state index contributed by atoms with van der Waals surface area (Å²) in [5.41, 5.74) is 2.24. The van der Waals surface area contributed by atoms with Crippen LogP contribution in [0.3, 0.4) is 0 Å². The number of carbonyl (C=O) groups excluding carboxylic acids is 3. The molecule has 1 aromatic heterocycles. The van der Waals surface area contributed by atoms with Crippen LogP contribution in [-0.2, 0) is 14.4 Å². The number of thiazole rings is 1. The maximum Gasteiger partial charge on any atom is 0.272 e. The van der Waals surface area contributed by atoms with Crippen LogP contribution in [0.25, 0.3) is 0 Å². The topological polar surface area (TPSA) is 132 Å². The molecule has 10 heteroatoms. The maximum atomic E-state index is 13.1. The van der Waals surface area contributed by atoms with E-state index in [0.717, 1.165) is 17.0 Å². The summed E-state index contributed by atoms with van der Waals surface area (Å²) in [4.78, 5) is 44.2. The van der Waals surface area contributed by atoms with Crippen molar-refractivity contribution in [1.82, 2.24) is 15.4 Å². The van der Waals surface area contributed by atoms with E-state index in [9.17, 15) is 19.5 Å². The van der Waals surface area contributed by atoms with Crippen LogP contribution in [-0.4, -0.2) is 56.6 Å². The smallest absolute Gasteiger partial charge is 0.272 e. The van der Waals surface area contributed by atoms with Crippen LogP contribution < -0.4 is 10.8 Å². The molecule has 0 spiro atoms. The molecule has 2 heterocycles. The van der Waals surface area contributed by atoms with E-state index in [1.54, 1.807) is 0 Å². The van der Waals surface area contributed by atoms with E-state index in [4.69, 9.17) is 5.21 Å². The highest BCUT2D eigenvalue weighted by molar-refractivity contribution is 7.15. The maximum absolute atomic E-state index is 13.1. The number of hydroxylamine groups is 1. The van der Waals surface area contributed by atoms with Gasteiger partial charge in [-0.1, -0.05) is 19.8 Å². The molecule has 3 atom stereocenters. The number of hydrogen-bond donors (Lipinski definition) is 4.